The molecule has 5 nitrogen and oxygen atoms in total. The minimum atomic E-state index is 0. The van der Waals surface area contributed by atoms with Crippen molar-refractivity contribution >= 4 is 12.4 Å². The first-order chi connectivity index (χ1) is 7.13. The van der Waals surface area contributed by atoms with E-state index in [9.17, 15) is 0 Å². The standard InChI is InChI=1S/C10H19N5.ClH/c1-8-4-15(5-9(2)11-8)7-10-6-14(3)13-12-10;/h6,8-9,11H,4-5,7H2,1-3H3;1H. The van der Waals surface area contributed by atoms with Gasteiger partial charge in [-0.2, -0.15) is 0 Å². The molecule has 0 radical (unpaired) electrons. The second kappa shape index (κ2) is 5.61. The Labute approximate surface area is 103 Å². The molecule has 0 aliphatic carbocycles. The van der Waals surface area contributed by atoms with Gasteiger partial charge >= 0.3 is 0 Å². The van der Waals surface area contributed by atoms with Gasteiger partial charge in [-0.3, -0.25) is 9.58 Å². The predicted molar refractivity (Wildman–Crippen MR) is 65.6 cm³/mol. The molecular formula is C10H20ClN5. The second-order valence-electron chi connectivity index (χ2n) is 4.55. The predicted octanol–water partition coefficient (Wildman–Crippen LogP) is 0.419. The molecule has 1 N–H and O–H groups in total. The smallest absolute Gasteiger partial charge is 0.0967 e. The number of aromatic nitrogens is 3. The molecule has 1 aliphatic heterocycles. The molecule has 2 atom stereocenters. The van der Waals surface area contributed by atoms with Crippen LogP contribution in [0.2, 0.25) is 0 Å². The normalized spacial score (nSPS) is 26.4. The van der Waals surface area contributed by atoms with Crippen LogP contribution in [0.3, 0.4) is 0 Å². The lowest BCUT2D eigenvalue weighted by atomic mass is 10.1. The molecule has 2 unspecified atom stereocenters. The summed E-state index contributed by atoms with van der Waals surface area (Å²) in [5, 5.41) is 11.6. The van der Waals surface area contributed by atoms with E-state index in [2.05, 4.69) is 34.4 Å². The molecule has 16 heavy (non-hydrogen) atoms. The minimum absolute atomic E-state index is 0. The van der Waals surface area contributed by atoms with Gasteiger partial charge in [-0.15, -0.1) is 17.5 Å². The zero-order valence-corrected chi connectivity index (χ0v) is 10.9. The quantitative estimate of drug-likeness (QED) is 0.821. The molecule has 0 saturated carbocycles. The van der Waals surface area contributed by atoms with E-state index >= 15 is 0 Å². The van der Waals surface area contributed by atoms with Crippen molar-refractivity contribution < 1.29 is 0 Å². The first-order valence-electron chi connectivity index (χ1n) is 5.47. The topological polar surface area (TPSA) is 46.0 Å². The fraction of sp³-hybridized carbons (Fsp3) is 0.800. The highest BCUT2D eigenvalue weighted by Gasteiger charge is 2.21. The lowest BCUT2D eigenvalue weighted by Crippen LogP contribution is -2.53. The van der Waals surface area contributed by atoms with Gasteiger partial charge in [-0.25, -0.2) is 0 Å². The Bertz CT molecular complexity index is 317. The highest BCUT2D eigenvalue weighted by Crippen LogP contribution is 2.07. The van der Waals surface area contributed by atoms with Crippen LogP contribution in [-0.4, -0.2) is 45.1 Å². The minimum Gasteiger partial charge on any atom is -0.309 e. The number of nitrogens with one attached hydrogen (secondary N) is 1. The van der Waals surface area contributed by atoms with Crippen LogP contribution in [0.4, 0.5) is 0 Å². The molecule has 92 valence electrons. The summed E-state index contributed by atoms with van der Waals surface area (Å²) < 4.78 is 1.75. The maximum atomic E-state index is 4.11. The SMILES string of the molecule is CC1CN(Cc2cn(C)nn2)CC(C)N1.Cl. The van der Waals surface area contributed by atoms with E-state index < -0.39 is 0 Å². The Balaban J connectivity index is 0.00000128. The van der Waals surface area contributed by atoms with Crippen molar-refractivity contribution in [1.82, 2.24) is 25.2 Å². The molecule has 1 aromatic rings. The van der Waals surface area contributed by atoms with Gasteiger partial charge in [-0.1, -0.05) is 5.21 Å². The van der Waals surface area contributed by atoms with Crippen molar-refractivity contribution in [1.29, 1.82) is 0 Å². The molecule has 1 aliphatic rings. The summed E-state index contributed by atoms with van der Waals surface area (Å²) in [6.45, 7) is 7.52. The number of halogens is 1. The summed E-state index contributed by atoms with van der Waals surface area (Å²) in [7, 11) is 1.90. The van der Waals surface area contributed by atoms with Crippen LogP contribution < -0.4 is 5.32 Å². The Hall–Kier alpha value is -0.650. The first-order valence-corrected chi connectivity index (χ1v) is 5.47. The molecule has 1 aromatic heterocycles. The van der Waals surface area contributed by atoms with Gasteiger partial charge in [0.25, 0.3) is 0 Å². The molecule has 0 bridgehead atoms. The molecule has 1 saturated heterocycles. The zero-order chi connectivity index (χ0) is 10.8. The molecule has 0 aromatic carbocycles. The molecular weight excluding hydrogens is 226 g/mol. The van der Waals surface area contributed by atoms with Gasteiger partial charge < -0.3 is 5.32 Å². The zero-order valence-electron chi connectivity index (χ0n) is 10.1. The van der Waals surface area contributed by atoms with Crippen LogP contribution >= 0.6 is 12.4 Å². The van der Waals surface area contributed by atoms with Gasteiger partial charge in [0.05, 0.1) is 5.69 Å². The monoisotopic (exact) mass is 245 g/mol. The van der Waals surface area contributed by atoms with Crippen LogP contribution in [0.25, 0.3) is 0 Å². The average molecular weight is 246 g/mol. The van der Waals surface area contributed by atoms with Crippen molar-refractivity contribution in [2.75, 3.05) is 13.1 Å². The summed E-state index contributed by atoms with van der Waals surface area (Å²) >= 11 is 0. The lowest BCUT2D eigenvalue weighted by molar-refractivity contribution is 0.165. The summed E-state index contributed by atoms with van der Waals surface area (Å²) in [5.74, 6) is 0. The number of hydrogen-bond acceptors (Lipinski definition) is 4. The number of hydrogen-bond donors (Lipinski definition) is 1. The van der Waals surface area contributed by atoms with Crippen LogP contribution in [0.15, 0.2) is 6.20 Å². The van der Waals surface area contributed by atoms with E-state index in [0.717, 1.165) is 25.3 Å². The molecule has 2 rings (SSSR count). The van der Waals surface area contributed by atoms with E-state index in [-0.39, 0.29) is 12.4 Å². The summed E-state index contributed by atoms with van der Waals surface area (Å²) in [6, 6.07) is 1.12. The molecule has 0 amide bonds. The van der Waals surface area contributed by atoms with Crippen LogP contribution in [0.5, 0.6) is 0 Å². The molecule has 2 heterocycles. The van der Waals surface area contributed by atoms with Crippen LogP contribution in [0.1, 0.15) is 19.5 Å². The van der Waals surface area contributed by atoms with Gasteiger partial charge in [0.1, 0.15) is 0 Å². The van der Waals surface area contributed by atoms with Crippen molar-refractivity contribution in [3.05, 3.63) is 11.9 Å². The van der Waals surface area contributed by atoms with Crippen molar-refractivity contribution in [2.45, 2.75) is 32.5 Å². The molecule has 0 spiro atoms. The van der Waals surface area contributed by atoms with Crippen molar-refractivity contribution in [3.63, 3.8) is 0 Å². The Morgan fingerprint density at radius 2 is 2.00 bits per heavy atom. The summed E-state index contributed by atoms with van der Waals surface area (Å²) in [4.78, 5) is 2.43. The third kappa shape index (κ3) is 3.43. The van der Waals surface area contributed by atoms with Gasteiger partial charge in [0.2, 0.25) is 0 Å². The summed E-state index contributed by atoms with van der Waals surface area (Å²) in [6.07, 6.45) is 1.98. The Kier molecular flexibility index (Phi) is 4.70. The Morgan fingerprint density at radius 1 is 1.38 bits per heavy atom. The third-order valence-corrected chi connectivity index (χ3v) is 2.67. The van der Waals surface area contributed by atoms with Crippen LogP contribution in [0, 0.1) is 0 Å². The summed E-state index contributed by atoms with van der Waals surface area (Å²) in [5.41, 5.74) is 1.05. The van der Waals surface area contributed by atoms with E-state index in [4.69, 9.17) is 0 Å². The maximum Gasteiger partial charge on any atom is 0.0967 e. The highest BCUT2D eigenvalue weighted by atomic mass is 35.5. The van der Waals surface area contributed by atoms with Crippen LogP contribution in [-0.2, 0) is 13.6 Å². The lowest BCUT2D eigenvalue weighted by Gasteiger charge is -2.35. The number of nitrogens with zero attached hydrogens (tertiary/aromatic N) is 4. The molecule has 1 fully saturated rings. The number of aryl methyl sites for hydroxylation is 1. The first kappa shape index (κ1) is 13.4. The van der Waals surface area contributed by atoms with E-state index in [1.807, 2.05) is 13.2 Å². The largest absolute Gasteiger partial charge is 0.309 e. The third-order valence-electron chi connectivity index (χ3n) is 2.67. The number of piperazine rings is 1. The number of rotatable bonds is 2. The Morgan fingerprint density at radius 3 is 2.50 bits per heavy atom. The fourth-order valence-electron chi connectivity index (χ4n) is 2.27. The van der Waals surface area contributed by atoms with Crippen molar-refractivity contribution in [2.24, 2.45) is 7.05 Å². The highest BCUT2D eigenvalue weighted by molar-refractivity contribution is 5.85. The maximum absolute atomic E-state index is 4.11. The average Bonchev–Trinajstić information content (AvgIpc) is 2.49. The van der Waals surface area contributed by atoms with Gasteiger partial charge in [-0.05, 0) is 13.8 Å². The van der Waals surface area contributed by atoms with E-state index in [0.29, 0.717) is 12.1 Å². The van der Waals surface area contributed by atoms with Gasteiger partial charge in [0, 0.05) is 45.0 Å². The fourth-order valence-corrected chi connectivity index (χ4v) is 2.27. The second-order valence-corrected chi connectivity index (χ2v) is 4.55. The van der Waals surface area contributed by atoms with E-state index in [1.54, 1.807) is 4.68 Å². The van der Waals surface area contributed by atoms with Gasteiger partial charge in [0.15, 0.2) is 0 Å². The van der Waals surface area contributed by atoms with E-state index in [1.165, 1.54) is 0 Å². The van der Waals surface area contributed by atoms with Crippen molar-refractivity contribution in [3.8, 4) is 0 Å². The molecule has 6 heteroatoms.